The van der Waals surface area contributed by atoms with E-state index in [1.54, 1.807) is 0 Å². The van der Waals surface area contributed by atoms with Gasteiger partial charge >= 0.3 is 0 Å². The molecule has 1 aromatic rings. The van der Waals surface area contributed by atoms with E-state index in [-0.39, 0.29) is 5.92 Å². The monoisotopic (exact) mass is 326 g/mol. The normalized spacial score (nSPS) is 18.8. The fourth-order valence-corrected chi connectivity index (χ4v) is 3.64. The summed E-state index contributed by atoms with van der Waals surface area (Å²) in [6.45, 7) is 4.62. The molecule has 1 saturated heterocycles. The molecule has 24 heavy (non-hydrogen) atoms. The Balaban J connectivity index is 1.55. The van der Waals surface area contributed by atoms with Crippen LogP contribution in [-0.2, 0) is 4.79 Å². The first kappa shape index (κ1) is 16.8. The largest absolute Gasteiger partial charge is 0.355 e. The summed E-state index contributed by atoms with van der Waals surface area (Å²) in [5, 5.41) is 9.29. The van der Waals surface area contributed by atoms with Gasteiger partial charge in [0.2, 0.25) is 5.91 Å². The molecule has 1 amide bonds. The van der Waals surface area contributed by atoms with Crippen molar-refractivity contribution in [3.05, 3.63) is 23.4 Å². The molecule has 0 radical (unpaired) electrons. The average molecular weight is 326 g/mol. The molecule has 5 nitrogen and oxygen atoms in total. The Bertz CT molecular complexity index is 639. The van der Waals surface area contributed by atoms with Crippen LogP contribution in [0.1, 0.15) is 43.4 Å². The van der Waals surface area contributed by atoms with Crippen molar-refractivity contribution in [2.45, 2.75) is 39.0 Å². The Morgan fingerprint density at radius 1 is 1.33 bits per heavy atom. The molecule has 0 unspecified atom stereocenters. The standard InChI is InChI=1S/C19H26N4O/c1-14-6-7-17(12-20)18(21-14)23-10-8-15(9-11-23)13-22(2)19(24)16-4-3-5-16/h6-7,15-16H,3-5,8-11,13H2,1-2H3. The van der Waals surface area contributed by atoms with Gasteiger partial charge in [0.05, 0.1) is 5.56 Å². The fourth-order valence-electron chi connectivity index (χ4n) is 3.64. The number of nitrogens with zero attached hydrogens (tertiary/aromatic N) is 4. The van der Waals surface area contributed by atoms with E-state index in [9.17, 15) is 10.1 Å². The van der Waals surface area contributed by atoms with E-state index >= 15 is 0 Å². The van der Waals surface area contributed by atoms with Gasteiger partial charge in [-0.25, -0.2) is 4.98 Å². The first-order valence-corrected chi connectivity index (χ1v) is 8.96. The second-order valence-corrected chi connectivity index (χ2v) is 7.21. The third-order valence-corrected chi connectivity index (χ3v) is 5.41. The van der Waals surface area contributed by atoms with Gasteiger partial charge in [0.1, 0.15) is 11.9 Å². The number of aromatic nitrogens is 1. The van der Waals surface area contributed by atoms with Crippen LogP contribution in [0.3, 0.4) is 0 Å². The molecule has 1 aliphatic carbocycles. The van der Waals surface area contributed by atoms with Gasteiger partial charge in [-0.15, -0.1) is 0 Å². The molecule has 0 bridgehead atoms. The molecule has 0 N–H and O–H groups in total. The molecule has 3 rings (SSSR count). The Hall–Kier alpha value is -2.09. The number of carbonyl (C=O) groups excluding carboxylic acids is 1. The lowest BCUT2D eigenvalue weighted by Gasteiger charge is -2.36. The van der Waals surface area contributed by atoms with E-state index < -0.39 is 0 Å². The molecule has 1 aliphatic heterocycles. The second-order valence-electron chi connectivity index (χ2n) is 7.21. The van der Waals surface area contributed by atoms with Crippen LogP contribution >= 0.6 is 0 Å². The van der Waals surface area contributed by atoms with Gasteiger partial charge in [-0.3, -0.25) is 4.79 Å². The maximum absolute atomic E-state index is 12.3. The van der Waals surface area contributed by atoms with Crippen LogP contribution in [0.2, 0.25) is 0 Å². The van der Waals surface area contributed by atoms with Crippen LogP contribution < -0.4 is 4.90 Å². The maximum Gasteiger partial charge on any atom is 0.225 e. The number of piperidine rings is 1. The molecule has 1 saturated carbocycles. The first-order valence-electron chi connectivity index (χ1n) is 8.96. The van der Waals surface area contributed by atoms with Crippen molar-refractivity contribution in [2.75, 3.05) is 31.6 Å². The smallest absolute Gasteiger partial charge is 0.225 e. The van der Waals surface area contributed by atoms with Gasteiger partial charge in [0, 0.05) is 38.3 Å². The number of nitriles is 1. The number of hydrogen-bond donors (Lipinski definition) is 0. The zero-order valence-corrected chi connectivity index (χ0v) is 14.7. The van der Waals surface area contributed by atoms with E-state index in [0.717, 1.165) is 56.8 Å². The van der Waals surface area contributed by atoms with Gasteiger partial charge in [0.15, 0.2) is 0 Å². The lowest BCUT2D eigenvalue weighted by molar-refractivity contribution is -0.137. The molecule has 1 aromatic heterocycles. The Morgan fingerprint density at radius 3 is 2.62 bits per heavy atom. The van der Waals surface area contributed by atoms with Crippen molar-refractivity contribution >= 4 is 11.7 Å². The van der Waals surface area contributed by atoms with E-state index in [4.69, 9.17) is 0 Å². The zero-order chi connectivity index (χ0) is 17.1. The van der Waals surface area contributed by atoms with Crippen molar-refractivity contribution < 1.29 is 4.79 Å². The fraction of sp³-hybridized carbons (Fsp3) is 0.632. The number of anilines is 1. The summed E-state index contributed by atoms with van der Waals surface area (Å²) in [7, 11) is 1.95. The van der Waals surface area contributed by atoms with Crippen LogP contribution in [0.4, 0.5) is 5.82 Å². The van der Waals surface area contributed by atoms with Gasteiger partial charge in [-0.05, 0) is 50.7 Å². The zero-order valence-electron chi connectivity index (χ0n) is 14.7. The highest BCUT2D eigenvalue weighted by molar-refractivity contribution is 5.79. The van der Waals surface area contributed by atoms with Crippen LogP contribution in [0, 0.1) is 30.1 Å². The average Bonchev–Trinajstić information content (AvgIpc) is 2.54. The highest BCUT2D eigenvalue weighted by Gasteiger charge is 2.30. The van der Waals surface area contributed by atoms with Crippen molar-refractivity contribution in [1.82, 2.24) is 9.88 Å². The SMILES string of the molecule is Cc1ccc(C#N)c(N2CCC(CN(C)C(=O)C3CCC3)CC2)n1. The maximum atomic E-state index is 12.3. The molecule has 0 spiro atoms. The Labute approximate surface area is 144 Å². The molecule has 0 aromatic carbocycles. The number of rotatable bonds is 4. The summed E-state index contributed by atoms with van der Waals surface area (Å²) in [5.74, 6) is 1.97. The molecular weight excluding hydrogens is 300 g/mol. The number of amides is 1. The van der Waals surface area contributed by atoms with E-state index in [1.165, 1.54) is 6.42 Å². The van der Waals surface area contributed by atoms with Gasteiger partial charge in [0.25, 0.3) is 0 Å². The van der Waals surface area contributed by atoms with E-state index in [0.29, 0.717) is 17.4 Å². The van der Waals surface area contributed by atoms with Crippen LogP contribution in [0.25, 0.3) is 0 Å². The van der Waals surface area contributed by atoms with Crippen LogP contribution in [0.5, 0.6) is 0 Å². The Kier molecular flexibility index (Phi) is 5.03. The summed E-state index contributed by atoms with van der Waals surface area (Å²) >= 11 is 0. The molecule has 2 heterocycles. The minimum Gasteiger partial charge on any atom is -0.355 e. The summed E-state index contributed by atoms with van der Waals surface area (Å²) in [6, 6.07) is 5.99. The second kappa shape index (κ2) is 7.21. The van der Waals surface area contributed by atoms with Gasteiger partial charge in [-0.1, -0.05) is 6.42 Å². The highest BCUT2D eigenvalue weighted by atomic mass is 16.2. The third-order valence-electron chi connectivity index (χ3n) is 5.41. The molecule has 0 atom stereocenters. The predicted octanol–water partition coefficient (Wildman–Crippen LogP) is 2.74. The number of hydrogen-bond acceptors (Lipinski definition) is 4. The van der Waals surface area contributed by atoms with Crippen LogP contribution in [0.15, 0.2) is 12.1 Å². The first-order chi connectivity index (χ1) is 11.6. The summed E-state index contributed by atoms with van der Waals surface area (Å²) in [4.78, 5) is 21.0. The molecule has 128 valence electrons. The molecule has 2 fully saturated rings. The molecule has 5 heteroatoms. The van der Waals surface area contributed by atoms with E-state index in [2.05, 4.69) is 16.0 Å². The minimum atomic E-state index is 0.282. The van der Waals surface area contributed by atoms with Gasteiger partial charge < -0.3 is 9.80 Å². The highest BCUT2D eigenvalue weighted by Crippen LogP contribution is 2.29. The lowest BCUT2D eigenvalue weighted by atomic mass is 9.84. The quantitative estimate of drug-likeness (QED) is 0.853. The molecule has 2 aliphatic rings. The number of pyridine rings is 1. The van der Waals surface area contributed by atoms with Crippen molar-refractivity contribution in [2.24, 2.45) is 11.8 Å². The minimum absolute atomic E-state index is 0.282. The summed E-state index contributed by atoms with van der Waals surface area (Å²) in [6.07, 6.45) is 5.42. The third kappa shape index (κ3) is 3.53. The Morgan fingerprint density at radius 2 is 2.04 bits per heavy atom. The summed E-state index contributed by atoms with van der Waals surface area (Å²) < 4.78 is 0. The topological polar surface area (TPSA) is 60.2 Å². The van der Waals surface area contributed by atoms with Crippen molar-refractivity contribution in [3.63, 3.8) is 0 Å². The van der Waals surface area contributed by atoms with Crippen molar-refractivity contribution in [1.29, 1.82) is 5.26 Å². The predicted molar refractivity (Wildman–Crippen MR) is 93.6 cm³/mol. The van der Waals surface area contributed by atoms with Gasteiger partial charge in [-0.2, -0.15) is 5.26 Å². The summed E-state index contributed by atoms with van der Waals surface area (Å²) in [5.41, 5.74) is 1.59. The molecular formula is C19H26N4O. The lowest BCUT2D eigenvalue weighted by Crippen LogP contribution is -2.42. The van der Waals surface area contributed by atoms with E-state index in [1.807, 2.05) is 31.0 Å². The van der Waals surface area contributed by atoms with Crippen molar-refractivity contribution in [3.8, 4) is 6.07 Å². The number of aryl methyl sites for hydroxylation is 1. The number of carbonyl (C=O) groups is 1. The van der Waals surface area contributed by atoms with Crippen LogP contribution in [-0.4, -0.2) is 42.5 Å².